The van der Waals surface area contributed by atoms with Gasteiger partial charge < -0.3 is 15.0 Å². The molecule has 24 heavy (non-hydrogen) atoms. The molecular formula is C17H15FN2O4. The molecule has 0 aliphatic heterocycles. The first-order valence-electron chi connectivity index (χ1n) is 7.11. The molecule has 2 aromatic rings. The van der Waals surface area contributed by atoms with Crippen molar-refractivity contribution in [2.24, 2.45) is 0 Å². The highest BCUT2D eigenvalue weighted by Crippen LogP contribution is 2.17. The second-order valence-corrected chi connectivity index (χ2v) is 4.90. The summed E-state index contributed by atoms with van der Waals surface area (Å²) in [6.07, 6.45) is 0.241. The second-order valence-electron chi connectivity index (χ2n) is 4.90. The van der Waals surface area contributed by atoms with Crippen molar-refractivity contribution < 1.29 is 28.6 Å². The van der Waals surface area contributed by atoms with Crippen molar-refractivity contribution in [2.75, 3.05) is 7.11 Å². The Labute approximate surface area is 137 Å². The fourth-order valence-corrected chi connectivity index (χ4v) is 2.08. The summed E-state index contributed by atoms with van der Waals surface area (Å²) in [5.41, 5.74) is 10.3. The summed E-state index contributed by atoms with van der Waals surface area (Å²) in [7, 11) is 1.26. The van der Waals surface area contributed by atoms with E-state index in [4.69, 9.17) is 10.3 Å². The Kier molecular flexibility index (Phi) is 5.73. The predicted molar refractivity (Wildman–Crippen MR) is 82.1 cm³/mol. The van der Waals surface area contributed by atoms with Crippen molar-refractivity contribution in [2.45, 2.75) is 12.8 Å². The van der Waals surface area contributed by atoms with Gasteiger partial charge in [-0.2, -0.15) is 0 Å². The first kappa shape index (κ1) is 17.3. The Hall–Kier alpha value is -3.09. The van der Waals surface area contributed by atoms with Gasteiger partial charge in [0.2, 0.25) is 0 Å². The summed E-state index contributed by atoms with van der Waals surface area (Å²) in [6.45, 7) is 0. The molecule has 124 valence electrons. The number of benzene rings is 2. The molecule has 0 fully saturated rings. The van der Waals surface area contributed by atoms with Crippen LogP contribution in [0.2, 0.25) is 0 Å². The van der Waals surface area contributed by atoms with E-state index in [0.29, 0.717) is 16.8 Å². The Morgan fingerprint density at radius 1 is 1.17 bits per heavy atom. The lowest BCUT2D eigenvalue weighted by Crippen LogP contribution is -2.55. The molecule has 0 unspecified atom stereocenters. The summed E-state index contributed by atoms with van der Waals surface area (Å²) >= 11 is 0. The maximum absolute atomic E-state index is 12.8. The first-order valence-corrected chi connectivity index (χ1v) is 7.11. The van der Waals surface area contributed by atoms with Crippen LogP contribution in [0.5, 0.6) is 5.75 Å². The predicted octanol–water partition coefficient (Wildman–Crippen LogP) is 1.88. The number of carbonyl (C=O) groups is 2. The van der Waals surface area contributed by atoms with E-state index in [-0.39, 0.29) is 18.6 Å². The zero-order chi connectivity index (χ0) is 17.5. The van der Waals surface area contributed by atoms with Gasteiger partial charge in [0, 0.05) is 11.6 Å². The largest absolute Gasteiger partial charge is 0.502 e. The molecule has 0 aliphatic rings. The molecule has 2 aromatic carbocycles. The van der Waals surface area contributed by atoms with Crippen LogP contribution in [0.25, 0.3) is 5.53 Å². The van der Waals surface area contributed by atoms with Crippen LogP contribution in [0.1, 0.15) is 22.3 Å². The van der Waals surface area contributed by atoms with Crippen LogP contribution in [0, 0.1) is 5.82 Å². The monoisotopic (exact) mass is 330 g/mol. The third kappa shape index (κ3) is 4.45. The summed E-state index contributed by atoms with van der Waals surface area (Å²) in [4.78, 5) is 23.4. The molecule has 0 radical (unpaired) electrons. The second kappa shape index (κ2) is 7.96. The van der Waals surface area contributed by atoms with Gasteiger partial charge in [0.15, 0.2) is 5.69 Å². The number of hydrogen-bond acceptors (Lipinski definition) is 4. The molecule has 0 aliphatic carbocycles. The molecule has 0 saturated carbocycles. The molecule has 1 N–H and O–H groups in total. The van der Waals surface area contributed by atoms with Crippen molar-refractivity contribution in [3.05, 3.63) is 64.9 Å². The van der Waals surface area contributed by atoms with Gasteiger partial charge >= 0.3 is 11.9 Å². The van der Waals surface area contributed by atoms with Gasteiger partial charge in [0.05, 0.1) is 19.1 Å². The van der Waals surface area contributed by atoms with Gasteiger partial charge in [-0.1, -0.05) is 0 Å². The van der Waals surface area contributed by atoms with Crippen molar-refractivity contribution in [3.63, 3.8) is 0 Å². The molecule has 0 aromatic heterocycles. The van der Waals surface area contributed by atoms with Crippen molar-refractivity contribution in [1.29, 1.82) is 0 Å². The smallest absolute Gasteiger partial charge is 0.337 e. The molecule has 2 rings (SSSR count). The van der Waals surface area contributed by atoms with Gasteiger partial charge in [-0.05, 0) is 42.8 Å². The molecule has 0 amide bonds. The van der Waals surface area contributed by atoms with Crippen molar-refractivity contribution in [3.8, 4) is 5.75 Å². The topological polar surface area (TPSA) is 88.9 Å². The standard InChI is InChI=1S/C17H15FN2O4/c1-23-17(22)12-2-8-15(20-19)11(10-12)3-9-16(21)24-14-6-4-13(18)5-7-14/h2,4-8,10,20H,3,9H2,1H3. The maximum Gasteiger partial charge on any atom is 0.337 e. The van der Waals surface area contributed by atoms with Crippen LogP contribution < -0.4 is 9.85 Å². The van der Waals surface area contributed by atoms with E-state index in [1.54, 1.807) is 0 Å². The lowest BCUT2D eigenvalue weighted by Gasteiger charge is -2.07. The fourth-order valence-electron chi connectivity index (χ4n) is 2.08. The SMILES string of the molecule is COC(=O)c1ccc([NH+]=[N-])c(CCC(=O)Oc2ccc(F)cc2)c1. The maximum atomic E-state index is 12.8. The summed E-state index contributed by atoms with van der Waals surface area (Å²) in [5.74, 6) is -1.22. The molecule has 0 spiro atoms. The number of aryl methyl sites for hydroxylation is 1. The lowest BCUT2D eigenvalue weighted by molar-refractivity contribution is -0.380. The zero-order valence-corrected chi connectivity index (χ0v) is 12.9. The summed E-state index contributed by atoms with van der Waals surface area (Å²) < 4.78 is 22.5. The summed E-state index contributed by atoms with van der Waals surface area (Å²) in [5, 5.41) is 2.01. The number of ether oxygens (including phenoxy) is 2. The minimum atomic E-state index is -0.519. The highest BCUT2D eigenvalue weighted by Gasteiger charge is 2.14. The van der Waals surface area contributed by atoms with Crippen LogP contribution in [0.3, 0.4) is 0 Å². The average molecular weight is 330 g/mol. The normalized spacial score (nSPS) is 10.1. The number of carbonyl (C=O) groups excluding carboxylic acids is 2. The van der Waals surface area contributed by atoms with E-state index in [1.165, 1.54) is 49.6 Å². The zero-order valence-electron chi connectivity index (χ0n) is 12.9. The van der Waals surface area contributed by atoms with E-state index in [9.17, 15) is 14.0 Å². The fraction of sp³-hybridized carbons (Fsp3) is 0.176. The number of rotatable bonds is 6. The molecule has 6 nitrogen and oxygen atoms in total. The van der Waals surface area contributed by atoms with Crippen LogP contribution in [0.15, 0.2) is 42.5 Å². The number of halogens is 1. The van der Waals surface area contributed by atoms with Crippen LogP contribution in [0.4, 0.5) is 10.1 Å². The minimum absolute atomic E-state index is 0.0106. The van der Waals surface area contributed by atoms with E-state index in [1.807, 2.05) is 5.11 Å². The van der Waals surface area contributed by atoms with Gasteiger partial charge in [0.25, 0.3) is 0 Å². The molecule has 0 heterocycles. The Morgan fingerprint density at radius 2 is 1.88 bits per heavy atom. The van der Waals surface area contributed by atoms with Gasteiger partial charge in [-0.25, -0.2) is 9.18 Å². The number of methoxy groups -OCH3 is 1. The Morgan fingerprint density at radius 3 is 2.50 bits per heavy atom. The highest BCUT2D eigenvalue weighted by atomic mass is 19.1. The van der Waals surface area contributed by atoms with Crippen LogP contribution >= 0.6 is 0 Å². The van der Waals surface area contributed by atoms with Gasteiger partial charge in [-0.15, -0.1) is 0 Å². The highest BCUT2D eigenvalue weighted by molar-refractivity contribution is 5.90. The van der Waals surface area contributed by atoms with E-state index in [0.717, 1.165) is 0 Å². The number of esters is 2. The molecule has 0 atom stereocenters. The van der Waals surface area contributed by atoms with Crippen molar-refractivity contribution >= 4 is 17.6 Å². The van der Waals surface area contributed by atoms with E-state index in [2.05, 4.69) is 4.74 Å². The average Bonchev–Trinajstić information content (AvgIpc) is 2.61. The third-order valence-electron chi connectivity index (χ3n) is 3.29. The number of hydrogen-bond donors (Lipinski definition) is 1. The number of nitrogens with zero attached hydrogens (tertiary/aromatic N) is 1. The van der Waals surface area contributed by atoms with Crippen LogP contribution in [-0.2, 0) is 16.0 Å². The minimum Gasteiger partial charge on any atom is -0.502 e. The number of nitrogens with one attached hydrogen (secondary N) is 1. The molecule has 0 bridgehead atoms. The lowest BCUT2D eigenvalue weighted by atomic mass is 10.0. The van der Waals surface area contributed by atoms with E-state index < -0.39 is 17.8 Å². The van der Waals surface area contributed by atoms with Crippen molar-refractivity contribution in [1.82, 2.24) is 0 Å². The molecule has 7 heteroatoms. The van der Waals surface area contributed by atoms with Crippen LogP contribution in [-0.4, -0.2) is 19.0 Å². The summed E-state index contributed by atoms with van der Waals surface area (Å²) in [6, 6.07) is 9.61. The van der Waals surface area contributed by atoms with Gasteiger partial charge in [-0.3, -0.25) is 9.91 Å². The van der Waals surface area contributed by atoms with Gasteiger partial charge in [0.1, 0.15) is 11.6 Å². The third-order valence-corrected chi connectivity index (χ3v) is 3.29. The molecular weight excluding hydrogens is 315 g/mol. The quantitative estimate of drug-likeness (QED) is 0.497. The first-order chi connectivity index (χ1) is 11.5. The molecule has 0 saturated heterocycles. The van der Waals surface area contributed by atoms with E-state index >= 15 is 0 Å². The Bertz CT molecular complexity index is 760. The Balaban J connectivity index is 2.04.